The van der Waals surface area contributed by atoms with E-state index in [9.17, 15) is 9.32 Å². The summed E-state index contributed by atoms with van der Waals surface area (Å²) in [4.78, 5) is 16.9. The van der Waals surface area contributed by atoms with Crippen LogP contribution in [0, 0.1) is 6.92 Å². The minimum atomic E-state index is -0.434. The molecule has 236 valence electrons. The zero-order chi connectivity index (χ0) is 31.2. The van der Waals surface area contributed by atoms with E-state index in [4.69, 9.17) is 28.4 Å². The Morgan fingerprint density at radius 3 is 2.09 bits per heavy atom. The van der Waals surface area contributed by atoms with Gasteiger partial charge in [-0.05, 0) is 46.7 Å². The number of rotatable bonds is 18. The molecular formula is C30H41FN4O8. The summed E-state index contributed by atoms with van der Waals surface area (Å²) in [6.45, 7) is 10.1. The van der Waals surface area contributed by atoms with Crippen LogP contribution < -0.4 is 19.5 Å². The van der Waals surface area contributed by atoms with E-state index in [1.165, 1.54) is 4.68 Å². The number of halogens is 1. The van der Waals surface area contributed by atoms with E-state index in [-0.39, 0.29) is 30.9 Å². The van der Waals surface area contributed by atoms with Crippen molar-refractivity contribution in [2.45, 2.75) is 33.1 Å². The normalized spacial score (nSPS) is 11.4. The Labute approximate surface area is 251 Å². The predicted molar refractivity (Wildman–Crippen MR) is 157 cm³/mol. The number of nitrogens with one attached hydrogen (secondary N) is 1. The zero-order valence-electron chi connectivity index (χ0n) is 25.6. The first-order valence-electron chi connectivity index (χ1n) is 13.9. The van der Waals surface area contributed by atoms with E-state index in [0.29, 0.717) is 67.4 Å². The number of anilines is 1. The summed E-state index contributed by atoms with van der Waals surface area (Å²) in [5.74, 6) is 1.23. The maximum absolute atomic E-state index is 13.4. The van der Waals surface area contributed by atoms with Crippen LogP contribution in [0.15, 0.2) is 36.4 Å². The lowest BCUT2D eigenvalue weighted by atomic mass is 9.87. The molecule has 1 aromatic heterocycles. The maximum Gasteiger partial charge on any atom is 0.278 e. The van der Waals surface area contributed by atoms with Gasteiger partial charge in [0.25, 0.3) is 5.91 Å². The molecule has 0 spiro atoms. The number of nitrogens with zero attached hydrogens (tertiary/aromatic N) is 3. The lowest BCUT2D eigenvalue weighted by Gasteiger charge is -2.21. The quantitative estimate of drug-likeness (QED) is 0.208. The smallest absolute Gasteiger partial charge is 0.278 e. The van der Waals surface area contributed by atoms with Gasteiger partial charge in [0.15, 0.2) is 5.69 Å². The molecule has 0 bridgehead atoms. The third-order valence-corrected chi connectivity index (χ3v) is 6.35. The van der Waals surface area contributed by atoms with E-state index in [1.54, 1.807) is 39.3 Å². The van der Waals surface area contributed by atoms with Crippen molar-refractivity contribution in [3.05, 3.63) is 53.3 Å². The third-order valence-electron chi connectivity index (χ3n) is 6.35. The molecule has 0 saturated heterocycles. The van der Waals surface area contributed by atoms with Crippen molar-refractivity contribution in [2.75, 3.05) is 72.4 Å². The van der Waals surface area contributed by atoms with Gasteiger partial charge in [-0.2, -0.15) is 4.94 Å². The highest BCUT2D eigenvalue weighted by molar-refractivity contribution is 6.04. The molecular weight excluding hydrogens is 563 g/mol. The Kier molecular flexibility index (Phi) is 13.1. The van der Waals surface area contributed by atoms with Crippen molar-refractivity contribution >= 4 is 11.6 Å². The molecule has 43 heavy (non-hydrogen) atoms. The average molecular weight is 605 g/mol. The summed E-state index contributed by atoms with van der Waals surface area (Å²) in [5.41, 5.74) is 2.64. The van der Waals surface area contributed by atoms with Crippen LogP contribution in [0.4, 0.5) is 10.2 Å². The minimum absolute atomic E-state index is 0.103. The Morgan fingerprint density at radius 1 is 0.860 bits per heavy atom. The lowest BCUT2D eigenvalue weighted by Crippen LogP contribution is -2.18. The van der Waals surface area contributed by atoms with Gasteiger partial charge >= 0.3 is 0 Å². The average Bonchev–Trinajstić information content (AvgIpc) is 3.38. The summed E-state index contributed by atoms with van der Waals surface area (Å²) < 4.78 is 45.9. The first kappa shape index (κ1) is 33.7. The van der Waals surface area contributed by atoms with Crippen LogP contribution in [-0.4, -0.2) is 88.0 Å². The number of carbonyl (C=O) groups is 1. The summed E-state index contributed by atoms with van der Waals surface area (Å²) in [5, 5.41) is 11.3. The molecule has 3 rings (SSSR count). The highest BCUT2D eigenvalue weighted by Crippen LogP contribution is 2.33. The molecule has 1 amide bonds. The molecule has 3 aromatic rings. The number of hydrogen-bond acceptors (Lipinski definition) is 10. The van der Waals surface area contributed by atoms with Gasteiger partial charge in [0.2, 0.25) is 0 Å². The van der Waals surface area contributed by atoms with Crippen LogP contribution in [0.25, 0.3) is 5.69 Å². The van der Waals surface area contributed by atoms with Crippen molar-refractivity contribution in [3.8, 4) is 22.9 Å². The van der Waals surface area contributed by atoms with Crippen LogP contribution >= 0.6 is 0 Å². The molecule has 0 saturated carbocycles. The van der Waals surface area contributed by atoms with E-state index in [1.807, 2.05) is 18.2 Å². The standard InChI is InChI=1S/C30H41FN4O8/c1-21-28(33-34-35(21)25-20-23(37-5)8-10-27(25)38-6)29(36)32-24-19-22(30(2,3)4)7-9-26(24)42-17-15-40-13-11-39-12-14-41-16-18-43-31/h7-10,19-20H,11-18H2,1-6H3,(H,32,36). The molecule has 1 heterocycles. The van der Waals surface area contributed by atoms with Crippen molar-refractivity contribution in [1.82, 2.24) is 15.0 Å². The van der Waals surface area contributed by atoms with Crippen molar-refractivity contribution in [3.63, 3.8) is 0 Å². The van der Waals surface area contributed by atoms with Crippen LogP contribution in [0.1, 0.15) is 42.5 Å². The molecule has 2 aromatic carbocycles. The Morgan fingerprint density at radius 2 is 1.49 bits per heavy atom. The van der Waals surface area contributed by atoms with E-state index >= 15 is 0 Å². The number of methoxy groups -OCH3 is 2. The second-order valence-electron chi connectivity index (χ2n) is 10.4. The summed E-state index contributed by atoms with van der Waals surface area (Å²) in [6.07, 6.45) is 0. The topological polar surface area (TPSA) is 124 Å². The molecule has 0 aliphatic rings. The Balaban J connectivity index is 1.63. The number of aromatic nitrogens is 3. The maximum atomic E-state index is 13.4. The summed E-state index contributed by atoms with van der Waals surface area (Å²) in [6, 6.07) is 11.0. The van der Waals surface area contributed by atoms with Crippen molar-refractivity contribution < 1.29 is 42.7 Å². The second kappa shape index (κ2) is 16.8. The van der Waals surface area contributed by atoms with E-state index < -0.39 is 5.91 Å². The fourth-order valence-corrected chi connectivity index (χ4v) is 3.97. The first-order valence-corrected chi connectivity index (χ1v) is 13.9. The van der Waals surface area contributed by atoms with Crippen LogP contribution in [-0.2, 0) is 24.6 Å². The van der Waals surface area contributed by atoms with Crippen LogP contribution in [0.2, 0.25) is 0 Å². The minimum Gasteiger partial charge on any atom is -0.497 e. The van der Waals surface area contributed by atoms with Crippen LogP contribution in [0.5, 0.6) is 17.2 Å². The largest absolute Gasteiger partial charge is 0.497 e. The van der Waals surface area contributed by atoms with Crippen LogP contribution in [0.3, 0.4) is 0 Å². The van der Waals surface area contributed by atoms with Gasteiger partial charge in [-0.1, -0.05) is 32.1 Å². The van der Waals surface area contributed by atoms with Gasteiger partial charge in [-0.15, -0.1) is 5.10 Å². The predicted octanol–water partition coefficient (Wildman–Crippen LogP) is 4.47. The molecule has 0 atom stereocenters. The third kappa shape index (κ3) is 9.89. The molecule has 0 unspecified atom stereocenters. The van der Waals surface area contributed by atoms with Gasteiger partial charge in [0, 0.05) is 6.07 Å². The molecule has 0 aliphatic carbocycles. The molecule has 0 radical (unpaired) electrons. The van der Waals surface area contributed by atoms with Gasteiger partial charge < -0.3 is 33.7 Å². The van der Waals surface area contributed by atoms with E-state index in [0.717, 1.165) is 5.56 Å². The van der Waals surface area contributed by atoms with Gasteiger partial charge in [-0.25, -0.2) is 4.68 Å². The summed E-state index contributed by atoms with van der Waals surface area (Å²) >= 11 is 0. The molecule has 12 nitrogen and oxygen atoms in total. The highest BCUT2D eigenvalue weighted by atomic mass is 19.3. The molecule has 0 aliphatic heterocycles. The van der Waals surface area contributed by atoms with Gasteiger partial charge in [0.1, 0.15) is 36.1 Å². The van der Waals surface area contributed by atoms with Gasteiger partial charge in [-0.3, -0.25) is 4.79 Å². The Hall–Kier alpha value is -3.78. The fraction of sp³-hybridized carbons (Fsp3) is 0.500. The van der Waals surface area contributed by atoms with Gasteiger partial charge in [0.05, 0.1) is 65.2 Å². The molecule has 13 heteroatoms. The lowest BCUT2D eigenvalue weighted by molar-refractivity contribution is -0.147. The fourth-order valence-electron chi connectivity index (χ4n) is 3.97. The highest BCUT2D eigenvalue weighted by Gasteiger charge is 2.22. The first-order chi connectivity index (χ1) is 20.7. The van der Waals surface area contributed by atoms with Crippen molar-refractivity contribution in [2.24, 2.45) is 0 Å². The van der Waals surface area contributed by atoms with E-state index in [2.05, 4.69) is 41.3 Å². The number of ether oxygens (including phenoxy) is 6. The monoisotopic (exact) mass is 604 g/mol. The molecule has 1 N–H and O–H groups in total. The molecule has 0 fully saturated rings. The van der Waals surface area contributed by atoms with Crippen molar-refractivity contribution in [1.29, 1.82) is 0 Å². The number of hydrogen-bond donors (Lipinski definition) is 1. The second-order valence-corrected chi connectivity index (χ2v) is 10.4. The zero-order valence-corrected chi connectivity index (χ0v) is 25.6. The SMILES string of the molecule is COc1ccc(OC)c(-n2nnc(C(=O)Nc3cc(C(C)(C)C)ccc3OCCOCCOCCOCCOF)c2C)c1. The summed E-state index contributed by atoms with van der Waals surface area (Å²) in [7, 11) is 3.12. The number of amides is 1. The number of carbonyl (C=O) groups excluding carboxylic acids is 1. The number of benzene rings is 2. The Bertz CT molecular complexity index is 1310.